The maximum Gasteiger partial charge on any atom is 0.233 e. The van der Waals surface area contributed by atoms with Gasteiger partial charge in [0.25, 0.3) is 0 Å². The number of benzene rings is 2. The number of aryl methyl sites for hydroxylation is 2. The molecular weight excluding hydrogens is 981 g/mol. The third-order valence-electron chi connectivity index (χ3n) is 21.9. The van der Waals surface area contributed by atoms with Crippen LogP contribution in [0.1, 0.15) is 242 Å². The van der Waals surface area contributed by atoms with E-state index in [4.69, 9.17) is 0 Å². The number of imide groups is 2. The van der Waals surface area contributed by atoms with Crippen molar-refractivity contribution < 1.29 is 19.2 Å². The number of hydrogen-bond acceptors (Lipinski definition) is 4. The zero-order valence-corrected chi connectivity index (χ0v) is 50.3. The minimum atomic E-state index is -0.176. The summed E-state index contributed by atoms with van der Waals surface area (Å²) in [6, 6.07) is 17.2. The first kappa shape index (κ1) is 60.3. The van der Waals surface area contributed by atoms with Crippen LogP contribution in [-0.2, 0) is 32.0 Å². The molecule has 5 aliphatic carbocycles. The molecule has 9 rings (SSSR count). The Balaban J connectivity index is 0.685. The van der Waals surface area contributed by atoms with Crippen LogP contribution >= 0.6 is 0 Å². The molecule has 5 fully saturated rings. The van der Waals surface area contributed by atoms with Crippen molar-refractivity contribution in [2.24, 2.45) is 70.5 Å². The molecule has 0 spiro atoms. The Kier molecular flexibility index (Phi) is 22.4. The molecule has 6 nitrogen and oxygen atoms in total. The van der Waals surface area contributed by atoms with Gasteiger partial charge >= 0.3 is 0 Å². The van der Waals surface area contributed by atoms with Gasteiger partial charge in [0.1, 0.15) is 0 Å². The van der Waals surface area contributed by atoms with Crippen LogP contribution in [0.2, 0.25) is 0 Å². The Morgan fingerprint density at radius 3 is 1.57 bits per heavy atom. The lowest BCUT2D eigenvalue weighted by atomic mass is 9.62. The van der Waals surface area contributed by atoms with Crippen molar-refractivity contribution in [1.29, 1.82) is 0 Å². The van der Waals surface area contributed by atoms with E-state index in [1.165, 1.54) is 171 Å². The number of carbonyl (C=O) groups excluding carboxylic acids is 4. The van der Waals surface area contributed by atoms with E-state index in [2.05, 4.69) is 93.8 Å². The lowest BCUT2D eigenvalue weighted by Gasteiger charge is -2.43. The summed E-state index contributed by atoms with van der Waals surface area (Å²) in [5.74, 6) is 4.16. The van der Waals surface area contributed by atoms with E-state index < -0.39 is 0 Å². The quantitative estimate of drug-likeness (QED) is 0.0381. The van der Waals surface area contributed by atoms with Gasteiger partial charge in [0.05, 0.1) is 23.7 Å². The average molecular weight is 1090 g/mol. The third-order valence-corrected chi connectivity index (χ3v) is 21.9. The van der Waals surface area contributed by atoms with Crippen molar-refractivity contribution >= 4 is 35.8 Å². The Bertz CT molecular complexity index is 2410. The van der Waals surface area contributed by atoms with Crippen LogP contribution in [0.5, 0.6) is 0 Å². The van der Waals surface area contributed by atoms with Gasteiger partial charge in [-0.15, -0.1) is 0 Å². The summed E-state index contributed by atoms with van der Waals surface area (Å²) in [5.41, 5.74) is 6.11. The zero-order chi connectivity index (χ0) is 55.8. The summed E-state index contributed by atoms with van der Waals surface area (Å²) in [6.07, 6.45) is 53.1. The molecule has 436 valence electrons. The molecule has 2 saturated heterocycles. The lowest BCUT2D eigenvalue weighted by molar-refractivity contribution is -0.142. The van der Waals surface area contributed by atoms with Gasteiger partial charge in [-0.2, -0.15) is 0 Å². The Labute approximate surface area is 485 Å². The van der Waals surface area contributed by atoms with Crippen LogP contribution in [0.3, 0.4) is 0 Å². The zero-order valence-electron chi connectivity index (χ0n) is 50.3. The number of amides is 4. The predicted octanol–water partition coefficient (Wildman–Crippen LogP) is 18.3. The fourth-order valence-electron chi connectivity index (χ4n) is 17.5. The Morgan fingerprint density at radius 2 is 0.988 bits per heavy atom. The van der Waals surface area contributed by atoms with Gasteiger partial charge in [0.2, 0.25) is 23.6 Å². The number of rotatable bonds is 38. The summed E-state index contributed by atoms with van der Waals surface area (Å²) in [5, 5.41) is 0. The van der Waals surface area contributed by atoms with Crippen molar-refractivity contribution in [2.75, 3.05) is 13.1 Å². The molecule has 6 heteroatoms. The summed E-state index contributed by atoms with van der Waals surface area (Å²) in [7, 11) is 0. The van der Waals surface area contributed by atoms with Gasteiger partial charge in [-0.1, -0.05) is 259 Å². The Morgan fingerprint density at radius 1 is 0.500 bits per heavy atom. The van der Waals surface area contributed by atoms with Gasteiger partial charge in [-0.05, 0) is 134 Å². The minimum Gasteiger partial charge on any atom is -0.282 e. The normalized spacial score (nSPS) is 29.1. The van der Waals surface area contributed by atoms with Crippen LogP contribution in [-0.4, -0.2) is 46.5 Å². The van der Waals surface area contributed by atoms with E-state index in [0.29, 0.717) is 13.1 Å². The number of nitrogens with zero attached hydrogens (tertiary/aromatic N) is 2. The SMILES string of the molecule is C=Cc1ccc(CCC2=CC3CC2C2C(=O)N(CCCCCCCCC4CC(CCCCCCCCN5C(=O)C6C7C=CC(CCc8ccc(C=C)cc8)(C7)C6C5=O)CC(CCCCCC)C4CCCCCCCC)C(=O)C32)cc1. The molecule has 12 unspecified atom stereocenters. The summed E-state index contributed by atoms with van der Waals surface area (Å²) in [4.78, 5) is 58.7. The molecule has 2 aromatic rings. The third kappa shape index (κ3) is 14.5. The van der Waals surface area contributed by atoms with Crippen molar-refractivity contribution in [1.82, 2.24) is 9.80 Å². The smallest absolute Gasteiger partial charge is 0.233 e. The largest absolute Gasteiger partial charge is 0.282 e. The molecule has 0 radical (unpaired) electrons. The van der Waals surface area contributed by atoms with Gasteiger partial charge in [0, 0.05) is 18.5 Å². The Hall–Kier alpha value is -4.32. The highest BCUT2D eigenvalue weighted by Gasteiger charge is 2.65. The van der Waals surface area contributed by atoms with E-state index in [9.17, 15) is 19.2 Å². The number of fused-ring (bicyclic) bond motifs is 10. The highest BCUT2D eigenvalue weighted by Crippen LogP contribution is 2.62. The topological polar surface area (TPSA) is 74.8 Å². The molecule has 4 amide bonds. The van der Waals surface area contributed by atoms with E-state index in [0.717, 1.165) is 99.0 Å². The van der Waals surface area contributed by atoms with E-state index in [1.54, 1.807) is 9.80 Å². The second-order valence-corrected chi connectivity index (χ2v) is 27.1. The molecule has 0 N–H and O–H groups in total. The van der Waals surface area contributed by atoms with Gasteiger partial charge < -0.3 is 0 Å². The fraction of sp³-hybridized carbons (Fsp3) is 0.676. The van der Waals surface area contributed by atoms with Gasteiger partial charge in [-0.25, -0.2) is 0 Å². The molecule has 4 bridgehead atoms. The van der Waals surface area contributed by atoms with E-state index >= 15 is 0 Å². The first-order chi connectivity index (χ1) is 39.2. The number of allylic oxidation sites excluding steroid dienone is 4. The second kappa shape index (κ2) is 29.8. The molecule has 2 aromatic carbocycles. The lowest BCUT2D eigenvalue weighted by Crippen LogP contribution is -2.36. The molecular formula is C74H106N2O4. The van der Waals surface area contributed by atoms with Crippen molar-refractivity contribution in [2.45, 2.75) is 232 Å². The van der Waals surface area contributed by atoms with E-state index in [-0.39, 0.29) is 70.5 Å². The van der Waals surface area contributed by atoms with Crippen LogP contribution < -0.4 is 0 Å². The first-order valence-electron chi connectivity index (χ1n) is 33.7. The monoisotopic (exact) mass is 1090 g/mol. The van der Waals surface area contributed by atoms with Crippen LogP contribution in [0.25, 0.3) is 12.2 Å². The van der Waals surface area contributed by atoms with Crippen LogP contribution in [0.4, 0.5) is 0 Å². The average Bonchev–Trinajstić information content (AvgIpc) is 2.82. The van der Waals surface area contributed by atoms with E-state index in [1.807, 2.05) is 12.2 Å². The van der Waals surface area contributed by atoms with Crippen molar-refractivity contribution in [3.8, 4) is 0 Å². The van der Waals surface area contributed by atoms with Crippen molar-refractivity contribution in [3.05, 3.63) is 108 Å². The summed E-state index contributed by atoms with van der Waals surface area (Å²) >= 11 is 0. The fourth-order valence-corrected chi connectivity index (χ4v) is 17.5. The number of unbranched alkanes of at least 4 members (excludes halogenated alkanes) is 18. The molecule has 12 atom stereocenters. The maximum atomic E-state index is 14.0. The molecule has 2 aliphatic heterocycles. The highest BCUT2D eigenvalue weighted by molar-refractivity contribution is 6.07. The van der Waals surface area contributed by atoms with Gasteiger partial charge in [0.15, 0.2) is 0 Å². The van der Waals surface area contributed by atoms with Crippen LogP contribution in [0, 0.1) is 70.5 Å². The number of likely N-dealkylation sites (tertiary alicyclic amines) is 2. The highest BCUT2D eigenvalue weighted by atomic mass is 16.2. The summed E-state index contributed by atoms with van der Waals surface area (Å²) in [6.45, 7) is 13.6. The molecule has 0 aromatic heterocycles. The van der Waals surface area contributed by atoms with Gasteiger partial charge in [-0.3, -0.25) is 29.0 Å². The van der Waals surface area contributed by atoms with Crippen LogP contribution in [0.15, 0.2) is 85.5 Å². The molecule has 80 heavy (non-hydrogen) atoms. The molecule has 3 saturated carbocycles. The predicted molar refractivity (Wildman–Crippen MR) is 331 cm³/mol. The molecule has 7 aliphatic rings. The first-order valence-corrected chi connectivity index (χ1v) is 33.7. The number of hydrogen-bond donors (Lipinski definition) is 0. The summed E-state index contributed by atoms with van der Waals surface area (Å²) < 4.78 is 0. The standard InChI is InChI=1S/C74H106N2O4/c1-5-9-11-13-20-26-32-64-59(30-24-12-10-6-2)49-58(29-23-18-14-16-22-28-48-76-71(78)67-62-44-46-74(53-62,69(67)73(76)80)45-43-57-39-35-55(8-4)36-40-57)50-60(64)31-25-19-15-17-21-27-47-75-70(77)66-63-51-61(65(52-63)68(66)72(75)79)42-41-56-37-33-54(7-3)34-38-56/h7-8,33-40,44,46,51,58-60,62-69H,3-6,9-32,41-43,45,47-50,52-53H2,1-2H3. The number of carbonyl (C=O) groups is 4. The molecule has 2 heterocycles. The van der Waals surface area contributed by atoms with Crippen molar-refractivity contribution in [3.63, 3.8) is 0 Å². The second-order valence-electron chi connectivity index (χ2n) is 27.1. The maximum absolute atomic E-state index is 14.0. The minimum absolute atomic E-state index is 0.108.